The molecule has 0 aliphatic carbocycles. The van der Waals surface area contributed by atoms with Gasteiger partial charge in [-0.25, -0.2) is 0 Å². The van der Waals surface area contributed by atoms with Crippen LogP contribution in [0.1, 0.15) is 82.7 Å². The summed E-state index contributed by atoms with van der Waals surface area (Å²) in [6.45, 7) is 5.97. The second kappa shape index (κ2) is 7.43. The van der Waals surface area contributed by atoms with E-state index in [1.807, 2.05) is 4.90 Å². The molecule has 1 N–H and O–H groups in total. The Labute approximate surface area is 138 Å². The average Bonchev–Trinajstić information content (AvgIpc) is 3.05. The standard InChI is InChI=1S/C17H28N4O2/c1-12(2)11-15(22)21-10-6-4-8-14(21)17-20-19-16(23-17)13-7-3-5-9-18-13/h12-14,18H,3-11H2,1-2H3/t13-,14-/m1/s1. The van der Waals surface area contributed by atoms with E-state index in [0.29, 0.717) is 24.1 Å². The summed E-state index contributed by atoms with van der Waals surface area (Å²) < 4.78 is 5.97. The van der Waals surface area contributed by atoms with E-state index < -0.39 is 0 Å². The number of aromatic nitrogens is 2. The van der Waals surface area contributed by atoms with E-state index in [4.69, 9.17) is 4.42 Å². The first-order valence-corrected chi connectivity index (χ1v) is 9.01. The molecule has 2 aliphatic rings. The Hall–Kier alpha value is -1.43. The summed E-state index contributed by atoms with van der Waals surface area (Å²) in [5.74, 6) is 1.88. The van der Waals surface area contributed by atoms with Crippen molar-refractivity contribution in [1.29, 1.82) is 0 Å². The zero-order valence-electron chi connectivity index (χ0n) is 14.3. The second-order valence-electron chi connectivity index (χ2n) is 7.18. The smallest absolute Gasteiger partial charge is 0.239 e. The van der Waals surface area contributed by atoms with Crippen molar-refractivity contribution in [2.45, 2.75) is 70.9 Å². The van der Waals surface area contributed by atoms with Crippen LogP contribution in [0.25, 0.3) is 0 Å². The van der Waals surface area contributed by atoms with Gasteiger partial charge in [-0.1, -0.05) is 20.3 Å². The van der Waals surface area contributed by atoms with Crippen molar-refractivity contribution < 1.29 is 9.21 Å². The molecule has 0 radical (unpaired) electrons. The van der Waals surface area contributed by atoms with Crippen molar-refractivity contribution >= 4 is 5.91 Å². The van der Waals surface area contributed by atoms with Crippen LogP contribution in [-0.4, -0.2) is 34.1 Å². The number of hydrogen-bond acceptors (Lipinski definition) is 5. The van der Waals surface area contributed by atoms with Gasteiger partial charge in [-0.05, 0) is 44.6 Å². The summed E-state index contributed by atoms with van der Waals surface area (Å²) in [5.41, 5.74) is 0. The zero-order valence-corrected chi connectivity index (χ0v) is 14.3. The van der Waals surface area contributed by atoms with Crippen LogP contribution in [0.2, 0.25) is 0 Å². The number of piperidine rings is 2. The van der Waals surface area contributed by atoms with E-state index >= 15 is 0 Å². The van der Waals surface area contributed by atoms with Crippen LogP contribution in [-0.2, 0) is 4.79 Å². The Bertz CT molecular complexity index is 522. The Morgan fingerprint density at radius 1 is 1.22 bits per heavy atom. The van der Waals surface area contributed by atoms with E-state index in [2.05, 4.69) is 29.4 Å². The monoisotopic (exact) mass is 320 g/mol. The fourth-order valence-corrected chi connectivity index (χ4v) is 3.54. The normalized spacial score (nSPS) is 25.8. The van der Waals surface area contributed by atoms with Crippen LogP contribution in [0, 0.1) is 5.92 Å². The highest BCUT2D eigenvalue weighted by molar-refractivity contribution is 5.76. The second-order valence-corrected chi connectivity index (χ2v) is 7.18. The van der Waals surface area contributed by atoms with Gasteiger partial charge in [-0.3, -0.25) is 4.79 Å². The van der Waals surface area contributed by atoms with Gasteiger partial charge in [-0.2, -0.15) is 0 Å². The highest BCUT2D eigenvalue weighted by Gasteiger charge is 2.33. The molecule has 1 aromatic rings. The summed E-state index contributed by atoms with van der Waals surface area (Å²) in [7, 11) is 0. The van der Waals surface area contributed by atoms with Crippen LogP contribution < -0.4 is 5.32 Å². The van der Waals surface area contributed by atoms with Gasteiger partial charge in [0.2, 0.25) is 17.7 Å². The molecule has 1 amide bonds. The van der Waals surface area contributed by atoms with Crippen LogP contribution in [0.3, 0.4) is 0 Å². The molecule has 0 spiro atoms. The molecule has 3 heterocycles. The van der Waals surface area contributed by atoms with Gasteiger partial charge in [0, 0.05) is 13.0 Å². The third kappa shape index (κ3) is 3.91. The number of hydrogen-bond donors (Lipinski definition) is 1. The lowest BCUT2D eigenvalue weighted by Crippen LogP contribution is -2.39. The number of likely N-dealkylation sites (tertiary alicyclic amines) is 1. The lowest BCUT2D eigenvalue weighted by molar-refractivity contribution is -0.136. The molecule has 6 heteroatoms. The van der Waals surface area contributed by atoms with Gasteiger partial charge in [0.25, 0.3) is 0 Å². The number of carbonyl (C=O) groups is 1. The molecule has 128 valence electrons. The fourth-order valence-electron chi connectivity index (χ4n) is 3.54. The molecule has 0 unspecified atom stereocenters. The Morgan fingerprint density at radius 2 is 2.00 bits per heavy atom. The predicted molar refractivity (Wildman–Crippen MR) is 86.7 cm³/mol. The first kappa shape index (κ1) is 16.4. The number of carbonyl (C=O) groups excluding carboxylic acids is 1. The Kier molecular flexibility index (Phi) is 5.30. The molecular formula is C17H28N4O2. The SMILES string of the molecule is CC(C)CC(=O)N1CCCC[C@@H]1c1nnc([C@H]2CCCCN2)o1. The average molecular weight is 320 g/mol. The third-order valence-electron chi connectivity index (χ3n) is 4.76. The maximum atomic E-state index is 12.5. The quantitative estimate of drug-likeness (QED) is 0.923. The molecule has 0 aromatic carbocycles. The molecular weight excluding hydrogens is 292 g/mol. The fraction of sp³-hybridized carbons (Fsp3) is 0.824. The summed E-state index contributed by atoms with van der Waals surface area (Å²) in [5, 5.41) is 12.0. The van der Waals surface area contributed by atoms with Crippen molar-refractivity contribution in [2.24, 2.45) is 5.92 Å². The molecule has 23 heavy (non-hydrogen) atoms. The maximum absolute atomic E-state index is 12.5. The van der Waals surface area contributed by atoms with Crippen LogP contribution >= 0.6 is 0 Å². The summed E-state index contributed by atoms with van der Waals surface area (Å²) >= 11 is 0. The van der Waals surface area contributed by atoms with Gasteiger partial charge < -0.3 is 14.6 Å². The lowest BCUT2D eigenvalue weighted by Gasteiger charge is -2.34. The highest BCUT2D eigenvalue weighted by Crippen LogP contribution is 2.32. The number of nitrogens with one attached hydrogen (secondary N) is 1. The van der Waals surface area contributed by atoms with E-state index in [9.17, 15) is 4.79 Å². The maximum Gasteiger partial charge on any atom is 0.239 e. The largest absolute Gasteiger partial charge is 0.421 e. The van der Waals surface area contributed by atoms with Gasteiger partial charge in [-0.15, -0.1) is 10.2 Å². The minimum Gasteiger partial charge on any atom is -0.421 e. The van der Waals surface area contributed by atoms with E-state index in [1.54, 1.807) is 0 Å². The third-order valence-corrected chi connectivity index (χ3v) is 4.76. The zero-order chi connectivity index (χ0) is 16.2. The van der Waals surface area contributed by atoms with Gasteiger partial charge in [0.1, 0.15) is 6.04 Å². The van der Waals surface area contributed by atoms with E-state index in [-0.39, 0.29) is 18.0 Å². The first-order valence-electron chi connectivity index (χ1n) is 9.01. The molecule has 2 fully saturated rings. The van der Waals surface area contributed by atoms with Crippen LogP contribution in [0.15, 0.2) is 4.42 Å². The molecule has 2 atom stereocenters. The minimum atomic E-state index is -0.0418. The van der Waals surface area contributed by atoms with Crippen molar-refractivity contribution in [3.05, 3.63) is 11.8 Å². The minimum absolute atomic E-state index is 0.0418. The van der Waals surface area contributed by atoms with Crippen LogP contribution in [0.4, 0.5) is 0 Å². The molecule has 0 saturated carbocycles. The van der Waals surface area contributed by atoms with Crippen LogP contribution in [0.5, 0.6) is 0 Å². The Balaban J connectivity index is 1.72. The summed E-state index contributed by atoms with van der Waals surface area (Å²) in [6, 6.07) is 0.133. The summed E-state index contributed by atoms with van der Waals surface area (Å²) in [4.78, 5) is 14.5. The molecule has 2 aliphatic heterocycles. The molecule has 2 saturated heterocycles. The van der Waals surface area contributed by atoms with Gasteiger partial charge >= 0.3 is 0 Å². The van der Waals surface area contributed by atoms with Crippen molar-refractivity contribution in [2.75, 3.05) is 13.1 Å². The molecule has 0 bridgehead atoms. The molecule has 3 rings (SSSR count). The topological polar surface area (TPSA) is 71.3 Å². The Morgan fingerprint density at radius 3 is 2.74 bits per heavy atom. The highest BCUT2D eigenvalue weighted by atomic mass is 16.4. The van der Waals surface area contributed by atoms with Crippen molar-refractivity contribution in [3.63, 3.8) is 0 Å². The molecule has 1 aromatic heterocycles. The number of nitrogens with zero attached hydrogens (tertiary/aromatic N) is 3. The van der Waals surface area contributed by atoms with Crippen molar-refractivity contribution in [3.8, 4) is 0 Å². The van der Waals surface area contributed by atoms with Gasteiger partial charge in [0.05, 0.1) is 6.04 Å². The number of rotatable bonds is 4. The predicted octanol–water partition coefficient (Wildman–Crippen LogP) is 2.98. The first-order chi connectivity index (χ1) is 11.1. The van der Waals surface area contributed by atoms with E-state index in [1.165, 1.54) is 12.8 Å². The van der Waals surface area contributed by atoms with Gasteiger partial charge in [0.15, 0.2) is 0 Å². The lowest BCUT2D eigenvalue weighted by atomic mass is 10.00. The van der Waals surface area contributed by atoms with Crippen molar-refractivity contribution in [1.82, 2.24) is 20.4 Å². The van der Waals surface area contributed by atoms with E-state index in [0.717, 1.165) is 38.8 Å². The number of amides is 1. The summed E-state index contributed by atoms with van der Waals surface area (Å²) in [6.07, 6.45) is 7.12. The molecule has 6 nitrogen and oxygen atoms in total.